The van der Waals surface area contributed by atoms with E-state index in [1.54, 1.807) is 4.90 Å². The van der Waals surface area contributed by atoms with Gasteiger partial charge in [-0.2, -0.15) is 0 Å². The van der Waals surface area contributed by atoms with Gasteiger partial charge >= 0.3 is 0 Å². The fourth-order valence-electron chi connectivity index (χ4n) is 4.78. The molecule has 1 N–H and O–H groups in total. The first kappa shape index (κ1) is 28.9. The number of hydrogen-bond donors (Lipinski definition) is 1. The van der Waals surface area contributed by atoms with Crippen molar-refractivity contribution in [3.63, 3.8) is 0 Å². The minimum absolute atomic E-state index is 0. The van der Waals surface area contributed by atoms with Crippen LogP contribution in [0.5, 0.6) is 0 Å². The third kappa shape index (κ3) is 8.13. The van der Waals surface area contributed by atoms with Crippen molar-refractivity contribution < 1.29 is 9.90 Å². The van der Waals surface area contributed by atoms with Crippen LogP contribution in [0.25, 0.3) is 0 Å². The number of likely N-dealkylation sites (N-methyl/N-ethyl adjacent to an activating group) is 1. The number of piperidine rings is 1. The van der Waals surface area contributed by atoms with Crippen LogP contribution < -0.4 is 0 Å². The summed E-state index contributed by atoms with van der Waals surface area (Å²) < 4.78 is 0. The number of nitrogens with zero attached hydrogens (tertiary/aromatic N) is 2. The van der Waals surface area contributed by atoms with E-state index in [4.69, 9.17) is 23.2 Å². The third-order valence-corrected chi connectivity index (χ3v) is 7.57. The maximum absolute atomic E-state index is 12.9. The van der Waals surface area contributed by atoms with Crippen molar-refractivity contribution in [2.75, 3.05) is 33.2 Å². The van der Waals surface area contributed by atoms with Gasteiger partial charge in [0.1, 0.15) is 0 Å². The standard InChI is InChI=1S/C27H36Cl2N2O2.ClH/c1-3-7-26(32)20-12-15-31(16-13-20)17-14-23(22-10-11-24(28)25(29)18-22)19-30(2)27(33)21-8-5-4-6-9-21;/h4-6,8-11,18,20,23,26,32H,3,7,12-17,19H2,1-2H3;1H. The first-order chi connectivity index (χ1) is 15.9. The molecule has 3 rings (SSSR count). The van der Waals surface area contributed by atoms with E-state index in [1.807, 2.05) is 55.6 Å². The van der Waals surface area contributed by atoms with Gasteiger partial charge in [0, 0.05) is 25.1 Å². The van der Waals surface area contributed by atoms with Crippen LogP contribution >= 0.6 is 35.6 Å². The maximum atomic E-state index is 12.9. The van der Waals surface area contributed by atoms with Crippen LogP contribution in [0, 0.1) is 5.92 Å². The number of aliphatic hydroxyl groups is 1. The summed E-state index contributed by atoms with van der Waals surface area (Å²) in [6, 6.07) is 15.2. The van der Waals surface area contributed by atoms with Gasteiger partial charge in [-0.3, -0.25) is 4.79 Å². The summed E-state index contributed by atoms with van der Waals surface area (Å²) in [5.41, 5.74) is 1.80. The van der Waals surface area contributed by atoms with Gasteiger partial charge in [0.05, 0.1) is 16.1 Å². The van der Waals surface area contributed by atoms with Gasteiger partial charge in [-0.15, -0.1) is 12.4 Å². The van der Waals surface area contributed by atoms with Crippen molar-refractivity contribution in [2.45, 2.75) is 51.0 Å². The monoisotopic (exact) mass is 526 g/mol. The molecule has 7 heteroatoms. The Morgan fingerprint density at radius 3 is 2.38 bits per heavy atom. The number of carbonyl (C=O) groups excluding carboxylic acids is 1. The molecule has 1 aliphatic rings. The maximum Gasteiger partial charge on any atom is 0.253 e. The summed E-state index contributed by atoms with van der Waals surface area (Å²) >= 11 is 12.5. The van der Waals surface area contributed by atoms with Crippen molar-refractivity contribution in [1.29, 1.82) is 0 Å². The average molecular weight is 528 g/mol. The van der Waals surface area contributed by atoms with Gasteiger partial charge in [0.2, 0.25) is 0 Å². The van der Waals surface area contributed by atoms with Crippen LogP contribution in [-0.4, -0.2) is 60.1 Å². The van der Waals surface area contributed by atoms with Crippen molar-refractivity contribution in [3.8, 4) is 0 Å². The molecular formula is C27H37Cl3N2O2. The Balaban J connectivity index is 0.00000408. The van der Waals surface area contributed by atoms with E-state index in [1.165, 1.54) is 0 Å². The Kier molecular flexibility index (Phi) is 12.2. The van der Waals surface area contributed by atoms with E-state index in [2.05, 4.69) is 11.8 Å². The topological polar surface area (TPSA) is 43.8 Å². The highest BCUT2D eigenvalue weighted by Crippen LogP contribution is 2.30. The van der Waals surface area contributed by atoms with E-state index in [0.29, 0.717) is 28.1 Å². The predicted molar refractivity (Wildman–Crippen MR) is 145 cm³/mol. The fourth-order valence-corrected chi connectivity index (χ4v) is 5.08. The number of benzene rings is 2. The first-order valence-electron chi connectivity index (χ1n) is 12.0. The second-order valence-corrected chi connectivity index (χ2v) is 10.1. The molecule has 2 aromatic carbocycles. The lowest BCUT2D eigenvalue weighted by Gasteiger charge is -2.35. The molecule has 0 radical (unpaired) electrons. The molecule has 1 heterocycles. The molecule has 1 amide bonds. The zero-order valence-electron chi connectivity index (χ0n) is 20.1. The fraction of sp³-hybridized carbons (Fsp3) is 0.519. The molecule has 0 aliphatic carbocycles. The second-order valence-electron chi connectivity index (χ2n) is 9.25. The number of hydrogen-bond acceptors (Lipinski definition) is 3. The number of rotatable bonds is 10. The SMILES string of the molecule is CCCC(O)C1CCN(CCC(CN(C)C(=O)c2ccccc2)c2ccc(Cl)c(Cl)c2)CC1.Cl. The zero-order chi connectivity index (χ0) is 23.8. The summed E-state index contributed by atoms with van der Waals surface area (Å²) in [6.07, 6.45) is 4.77. The second kappa shape index (κ2) is 14.3. The molecule has 2 atom stereocenters. The predicted octanol–water partition coefficient (Wildman–Crippen LogP) is 6.53. The minimum atomic E-state index is -0.168. The highest BCUT2D eigenvalue weighted by molar-refractivity contribution is 6.42. The highest BCUT2D eigenvalue weighted by Gasteiger charge is 2.26. The summed E-state index contributed by atoms with van der Waals surface area (Å²) in [6.45, 7) is 5.71. The molecular weight excluding hydrogens is 491 g/mol. The van der Waals surface area contributed by atoms with Crippen LogP contribution in [0.3, 0.4) is 0 Å². The van der Waals surface area contributed by atoms with Crippen LogP contribution in [0.4, 0.5) is 0 Å². The molecule has 0 bridgehead atoms. The van der Waals surface area contributed by atoms with Crippen molar-refractivity contribution in [2.24, 2.45) is 5.92 Å². The van der Waals surface area contributed by atoms with Crippen LogP contribution in [0.15, 0.2) is 48.5 Å². The average Bonchev–Trinajstić information content (AvgIpc) is 2.84. The van der Waals surface area contributed by atoms with E-state index in [0.717, 1.165) is 57.3 Å². The molecule has 34 heavy (non-hydrogen) atoms. The molecule has 4 nitrogen and oxygen atoms in total. The van der Waals surface area contributed by atoms with Gasteiger partial charge in [-0.1, -0.05) is 60.8 Å². The summed E-state index contributed by atoms with van der Waals surface area (Å²) in [5, 5.41) is 11.4. The summed E-state index contributed by atoms with van der Waals surface area (Å²) in [4.78, 5) is 17.2. The van der Waals surface area contributed by atoms with Crippen LogP contribution in [0.1, 0.15) is 60.9 Å². The van der Waals surface area contributed by atoms with Gasteiger partial charge in [-0.05, 0) is 81.1 Å². The molecule has 1 saturated heterocycles. The van der Waals surface area contributed by atoms with Crippen LogP contribution in [-0.2, 0) is 0 Å². The molecule has 1 aliphatic heterocycles. The zero-order valence-corrected chi connectivity index (χ0v) is 22.5. The van der Waals surface area contributed by atoms with E-state index >= 15 is 0 Å². The van der Waals surface area contributed by atoms with Crippen molar-refractivity contribution in [3.05, 3.63) is 69.7 Å². The quantitative estimate of drug-likeness (QED) is 0.382. The Hall–Kier alpha value is -1.30. The Bertz CT molecular complexity index is 889. The lowest BCUT2D eigenvalue weighted by molar-refractivity contribution is 0.0521. The number of carbonyl (C=O) groups is 1. The number of amides is 1. The minimum Gasteiger partial charge on any atom is -0.393 e. The lowest BCUT2D eigenvalue weighted by Crippen LogP contribution is -2.39. The molecule has 2 aromatic rings. The van der Waals surface area contributed by atoms with Gasteiger partial charge in [0.15, 0.2) is 0 Å². The summed E-state index contributed by atoms with van der Waals surface area (Å²) in [5.74, 6) is 0.592. The lowest BCUT2D eigenvalue weighted by atomic mass is 9.88. The number of halogens is 3. The molecule has 0 saturated carbocycles. The molecule has 0 aromatic heterocycles. The Labute approximate surface area is 220 Å². The third-order valence-electron chi connectivity index (χ3n) is 6.83. The Morgan fingerprint density at radius 2 is 1.76 bits per heavy atom. The largest absolute Gasteiger partial charge is 0.393 e. The molecule has 2 unspecified atom stereocenters. The normalized spacial score (nSPS) is 16.5. The highest BCUT2D eigenvalue weighted by atomic mass is 35.5. The van der Waals surface area contributed by atoms with Crippen molar-refractivity contribution >= 4 is 41.5 Å². The molecule has 0 spiro atoms. The smallest absolute Gasteiger partial charge is 0.253 e. The molecule has 1 fully saturated rings. The van der Waals surface area contributed by atoms with E-state index in [-0.39, 0.29) is 30.3 Å². The van der Waals surface area contributed by atoms with Gasteiger partial charge in [-0.25, -0.2) is 0 Å². The Morgan fingerprint density at radius 1 is 1.09 bits per heavy atom. The number of aliphatic hydroxyl groups excluding tert-OH is 1. The van der Waals surface area contributed by atoms with Crippen LogP contribution in [0.2, 0.25) is 10.0 Å². The van der Waals surface area contributed by atoms with E-state index < -0.39 is 0 Å². The summed E-state index contributed by atoms with van der Waals surface area (Å²) in [7, 11) is 1.86. The van der Waals surface area contributed by atoms with E-state index in [9.17, 15) is 9.90 Å². The first-order valence-corrected chi connectivity index (χ1v) is 12.8. The number of likely N-dealkylation sites (tertiary alicyclic amines) is 1. The molecule has 188 valence electrons. The van der Waals surface area contributed by atoms with Gasteiger partial charge in [0.25, 0.3) is 5.91 Å². The van der Waals surface area contributed by atoms with Gasteiger partial charge < -0.3 is 14.9 Å². The van der Waals surface area contributed by atoms with Crippen molar-refractivity contribution in [1.82, 2.24) is 9.80 Å².